The van der Waals surface area contributed by atoms with E-state index >= 15 is 0 Å². The number of imide groups is 1. The number of anilines is 1. The van der Waals surface area contributed by atoms with Crippen LogP contribution in [0.15, 0.2) is 84.6 Å². The monoisotopic (exact) mass is 426 g/mol. The van der Waals surface area contributed by atoms with Gasteiger partial charge >= 0.3 is 0 Å². The molecule has 0 spiro atoms. The highest BCUT2D eigenvalue weighted by Crippen LogP contribution is 2.35. The molecular formula is C27H26N2O3. The third-order valence-electron chi connectivity index (χ3n) is 5.69. The van der Waals surface area contributed by atoms with Crippen LogP contribution in [-0.4, -0.2) is 30.9 Å². The third kappa shape index (κ3) is 4.02. The topological polar surface area (TPSA) is 49.9 Å². The molecule has 0 radical (unpaired) electrons. The number of hydrogen-bond acceptors (Lipinski definition) is 4. The van der Waals surface area contributed by atoms with Crippen LogP contribution in [0.1, 0.15) is 23.6 Å². The zero-order valence-corrected chi connectivity index (χ0v) is 18.5. The second kappa shape index (κ2) is 9.10. The molecule has 0 bridgehead atoms. The Kier molecular flexibility index (Phi) is 6.08. The minimum atomic E-state index is -0.320. The molecule has 3 aromatic carbocycles. The minimum Gasteiger partial charge on any atom is -0.497 e. The maximum absolute atomic E-state index is 13.6. The van der Waals surface area contributed by atoms with E-state index in [2.05, 4.69) is 6.92 Å². The van der Waals surface area contributed by atoms with Crippen LogP contribution in [-0.2, 0) is 22.6 Å². The number of hydrogen-bond donors (Lipinski definition) is 0. The van der Waals surface area contributed by atoms with E-state index in [-0.39, 0.29) is 11.8 Å². The molecule has 3 aromatic rings. The smallest absolute Gasteiger partial charge is 0.282 e. The Labute approximate surface area is 188 Å². The standard InChI is InChI=1S/C27H26N2O3/c1-4-19-10-14-22(15-11-19)29-26(30)24(21-12-16-23(32-3)17-13-21)25(27(29)31)28(2)18-20-8-6-5-7-9-20/h5-17H,4,18H2,1-3H3. The lowest BCUT2D eigenvalue weighted by Gasteiger charge is -2.21. The fourth-order valence-electron chi connectivity index (χ4n) is 3.94. The van der Waals surface area contributed by atoms with E-state index < -0.39 is 0 Å². The summed E-state index contributed by atoms with van der Waals surface area (Å²) in [7, 11) is 3.44. The normalized spacial score (nSPS) is 13.7. The Hall–Kier alpha value is -3.86. The first-order chi connectivity index (χ1) is 15.5. The number of amides is 2. The van der Waals surface area contributed by atoms with Crippen LogP contribution < -0.4 is 9.64 Å². The number of nitrogens with zero attached hydrogens (tertiary/aromatic N) is 2. The van der Waals surface area contributed by atoms with Gasteiger partial charge in [-0.2, -0.15) is 0 Å². The largest absolute Gasteiger partial charge is 0.497 e. The van der Waals surface area contributed by atoms with Crippen molar-refractivity contribution in [2.24, 2.45) is 0 Å². The van der Waals surface area contributed by atoms with E-state index in [1.165, 1.54) is 4.90 Å². The van der Waals surface area contributed by atoms with Crippen molar-refractivity contribution < 1.29 is 14.3 Å². The van der Waals surface area contributed by atoms with E-state index in [1.54, 1.807) is 19.2 Å². The van der Waals surface area contributed by atoms with Crippen molar-refractivity contribution in [1.29, 1.82) is 0 Å². The fraction of sp³-hybridized carbons (Fsp3) is 0.185. The molecule has 0 fully saturated rings. The van der Waals surface area contributed by atoms with E-state index in [0.29, 0.717) is 34.8 Å². The summed E-state index contributed by atoms with van der Waals surface area (Å²) >= 11 is 0. The molecule has 2 amide bonds. The Bertz CT molecular complexity index is 1150. The van der Waals surface area contributed by atoms with Gasteiger partial charge in [-0.25, -0.2) is 4.90 Å². The predicted molar refractivity (Wildman–Crippen MR) is 126 cm³/mol. The van der Waals surface area contributed by atoms with E-state index in [0.717, 1.165) is 17.5 Å². The molecule has 162 valence electrons. The van der Waals surface area contributed by atoms with E-state index in [9.17, 15) is 9.59 Å². The highest BCUT2D eigenvalue weighted by molar-refractivity contribution is 6.45. The van der Waals surface area contributed by atoms with Gasteiger partial charge in [0.1, 0.15) is 11.4 Å². The van der Waals surface area contributed by atoms with Crippen LogP contribution in [0.25, 0.3) is 5.57 Å². The molecule has 4 rings (SSSR count). The number of likely N-dealkylation sites (N-methyl/N-ethyl adjacent to an activating group) is 1. The van der Waals surface area contributed by atoms with Gasteiger partial charge in [0.05, 0.1) is 18.4 Å². The molecule has 1 aliphatic heterocycles. The summed E-state index contributed by atoms with van der Waals surface area (Å²) in [5, 5.41) is 0. The van der Waals surface area contributed by atoms with Crippen LogP contribution >= 0.6 is 0 Å². The molecule has 0 atom stereocenters. The van der Waals surface area contributed by atoms with Gasteiger partial charge in [-0.05, 0) is 47.4 Å². The number of rotatable bonds is 7. The second-order valence-corrected chi connectivity index (χ2v) is 7.76. The van der Waals surface area contributed by atoms with Crippen molar-refractivity contribution >= 4 is 23.1 Å². The first-order valence-corrected chi connectivity index (χ1v) is 10.6. The predicted octanol–water partition coefficient (Wildman–Crippen LogP) is 4.67. The molecule has 0 unspecified atom stereocenters. The SMILES string of the molecule is CCc1ccc(N2C(=O)C(c3ccc(OC)cc3)=C(N(C)Cc3ccccc3)C2=O)cc1. The Morgan fingerprint density at radius 3 is 2.06 bits per heavy atom. The molecule has 0 aromatic heterocycles. The molecule has 0 N–H and O–H groups in total. The third-order valence-corrected chi connectivity index (χ3v) is 5.69. The first kappa shape index (κ1) is 21.4. The van der Waals surface area contributed by atoms with Crippen LogP contribution in [0.2, 0.25) is 0 Å². The molecular weight excluding hydrogens is 400 g/mol. The molecule has 5 nitrogen and oxygen atoms in total. The van der Waals surface area contributed by atoms with Crippen molar-refractivity contribution in [2.75, 3.05) is 19.1 Å². The summed E-state index contributed by atoms with van der Waals surface area (Å²) < 4.78 is 5.26. The minimum absolute atomic E-state index is 0.316. The maximum atomic E-state index is 13.6. The van der Waals surface area contributed by atoms with Crippen molar-refractivity contribution in [2.45, 2.75) is 19.9 Å². The van der Waals surface area contributed by atoms with Crippen molar-refractivity contribution in [3.63, 3.8) is 0 Å². The summed E-state index contributed by atoms with van der Waals surface area (Å²) in [5.41, 5.74) is 4.26. The summed E-state index contributed by atoms with van der Waals surface area (Å²) in [5.74, 6) is 0.0557. The van der Waals surface area contributed by atoms with Crippen LogP contribution in [0.4, 0.5) is 5.69 Å². The van der Waals surface area contributed by atoms with Gasteiger partial charge in [0.25, 0.3) is 11.8 Å². The Morgan fingerprint density at radius 1 is 0.812 bits per heavy atom. The van der Waals surface area contributed by atoms with Crippen LogP contribution in [0.3, 0.4) is 0 Å². The van der Waals surface area contributed by atoms with Crippen molar-refractivity contribution in [3.8, 4) is 5.75 Å². The highest BCUT2D eigenvalue weighted by atomic mass is 16.5. The number of ether oxygens (including phenoxy) is 1. The summed E-state index contributed by atoms with van der Waals surface area (Å²) in [6, 6.07) is 24.7. The van der Waals surface area contributed by atoms with Gasteiger partial charge in [0.2, 0.25) is 0 Å². The molecule has 1 heterocycles. The van der Waals surface area contributed by atoms with Gasteiger partial charge in [-0.1, -0.05) is 61.5 Å². The summed E-state index contributed by atoms with van der Waals surface area (Å²) in [6.45, 7) is 2.58. The number of benzene rings is 3. The molecule has 0 saturated carbocycles. The number of carbonyl (C=O) groups is 2. The lowest BCUT2D eigenvalue weighted by molar-refractivity contribution is -0.120. The second-order valence-electron chi connectivity index (χ2n) is 7.76. The van der Waals surface area contributed by atoms with Gasteiger partial charge in [-0.3, -0.25) is 9.59 Å². The van der Waals surface area contributed by atoms with Crippen LogP contribution in [0.5, 0.6) is 5.75 Å². The average molecular weight is 427 g/mol. The Morgan fingerprint density at radius 2 is 1.47 bits per heavy atom. The quantitative estimate of drug-likeness (QED) is 0.515. The Balaban J connectivity index is 1.77. The maximum Gasteiger partial charge on any atom is 0.282 e. The highest BCUT2D eigenvalue weighted by Gasteiger charge is 2.41. The zero-order valence-electron chi connectivity index (χ0n) is 18.5. The molecule has 1 aliphatic rings. The number of methoxy groups -OCH3 is 1. The van der Waals surface area contributed by atoms with Crippen LogP contribution in [0, 0.1) is 0 Å². The fourth-order valence-corrected chi connectivity index (χ4v) is 3.94. The molecule has 32 heavy (non-hydrogen) atoms. The van der Waals surface area contributed by atoms with E-state index in [4.69, 9.17) is 4.74 Å². The first-order valence-electron chi connectivity index (χ1n) is 10.6. The number of carbonyl (C=O) groups excluding carboxylic acids is 2. The van der Waals surface area contributed by atoms with Gasteiger partial charge in [0.15, 0.2) is 0 Å². The summed E-state index contributed by atoms with van der Waals surface area (Å²) in [4.78, 5) is 30.3. The van der Waals surface area contributed by atoms with Gasteiger partial charge in [0, 0.05) is 13.6 Å². The molecule has 5 heteroatoms. The van der Waals surface area contributed by atoms with Gasteiger partial charge < -0.3 is 9.64 Å². The summed E-state index contributed by atoms with van der Waals surface area (Å²) in [6.07, 6.45) is 0.891. The lowest BCUT2D eigenvalue weighted by Crippen LogP contribution is -2.34. The lowest BCUT2D eigenvalue weighted by atomic mass is 10.0. The van der Waals surface area contributed by atoms with E-state index in [1.807, 2.05) is 78.7 Å². The zero-order chi connectivity index (χ0) is 22.7. The molecule has 0 saturated heterocycles. The van der Waals surface area contributed by atoms with Crippen molar-refractivity contribution in [3.05, 3.63) is 101 Å². The van der Waals surface area contributed by atoms with Crippen molar-refractivity contribution in [1.82, 2.24) is 4.90 Å². The average Bonchev–Trinajstić information content (AvgIpc) is 3.09. The molecule has 0 aliphatic carbocycles. The number of aryl methyl sites for hydroxylation is 1. The van der Waals surface area contributed by atoms with Gasteiger partial charge in [-0.15, -0.1) is 0 Å².